The lowest BCUT2D eigenvalue weighted by molar-refractivity contribution is 0.376. The molecule has 1 fully saturated rings. The smallest absolute Gasteiger partial charge is 0.0180 e. The molecule has 1 atom stereocenters. The zero-order chi connectivity index (χ0) is 10.9. The molecule has 0 spiro atoms. The first-order valence-electron chi connectivity index (χ1n) is 5.90. The molecule has 1 aromatic rings. The van der Waals surface area contributed by atoms with Crippen LogP contribution in [0.25, 0.3) is 0 Å². The second kappa shape index (κ2) is 3.97. The summed E-state index contributed by atoms with van der Waals surface area (Å²) < 4.78 is 0. The Balaban J connectivity index is 2.23. The fourth-order valence-electron chi connectivity index (χ4n) is 2.82. The predicted octanol–water partition coefficient (Wildman–Crippen LogP) is 3.44. The van der Waals surface area contributed by atoms with Gasteiger partial charge in [-0.2, -0.15) is 0 Å². The summed E-state index contributed by atoms with van der Waals surface area (Å²) in [7, 11) is 0. The van der Waals surface area contributed by atoms with Gasteiger partial charge in [0.25, 0.3) is 0 Å². The summed E-state index contributed by atoms with van der Waals surface area (Å²) in [5.41, 5.74) is 9.13. The zero-order valence-corrected chi connectivity index (χ0v) is 9.79. The first-order valence-corrected chi connectivity index (χ1v) is 5.90. The van der Waals surface area contributed by atoms with Gasteiger partial charge in [0.1, 0.15) is 0 Å². The van der Waals surface area contributed by atoms with E-state index >= 15 is 0 Å². The Kier molecular flexibility index (Phi) is 2.83. The Bertz CT molecular complexity index is 341. The average Bonchev–Trinajstić information content (AvgIpc) is 2.59. The van der Waals surface area contributed by atoms with Gasteiger partial charge in [-0.15, -0.1) is 0 Å². The van der Waals surface area contributed by atoms with Gasteiger partial charge in [-0.05, 0) is 41.7 Å². The van der Waals surface area contributed by atoms with Crippen LogP contribution in [-0.4, -0.2) is 0 Å². The molecule has 1 aliphatic rings. The molecular weight excluding hydrogens is 182 g/mol. The van der Waals surface area contributed by atoms with E-state index < -0.39 is 0 Å². The second-order valence-corrected chi connectivity index (χ2v) is 5.51. The zero-order valence-electron chi connectivity index (χ0n) is 9.79. The van der Waals surface area contributed by atoms with E-state index in [4.69, 9.17) is 5.73 Å². The van der Waals surface area contributed by atoms with Crippen LogP contribution in [-0.2, 0) is 6.54 Å². The van der Waals surface area contributed by atoms with Crippen molar-refractivity contribution >= 4 is 0 Å². The maximum Gasteiger partial charge on any atom is 0.0180 e. The van der Waals surface area contributed by atoms with E-state index in [2.05, 4.69) is 38.1 Å². The van der Waals surface area contributed by atoms with Gasteiger partial charge < -0.3 is 5.73 Å². The van der Waals surface area contributed by atoms with Crippen molar-refractivity contribution in [3.63, 3.8) is 0 Å². The summed E-state index contributed by atoms with van der Waals surface area (Å²) in [4.78, 5) is 0. The van der Waals surface area contributed by atoms with Crippen LogP contribution in [0.2, 0.25) is 0 Å². The van der Waals surface area contributed by atoms with Gasteiger partial charge in [-0.3, -0.25) is 0 Å². The van der Waals surface area contributed by atoms with E-state index in [-0.39, 0.29) is 0 Å². The highest BCUT2D eigenvalue weighted by Crippen LogP contribution is 2.46. The number of hydrogen-bond acceptors (Lipinski definition) is 1. The predicted molar refractivity (Wildman–Crippen MR) is 64.7 cm³/mol. The summed E-state index contributed by atoms with van der Waals surface area (Å²) in [5, 5.41) is 0. The summed E-state index contributed by atoms with van der Waals surface area (Å²) in [5.74, 6) is 0.736. The van der Waals surface area contributed by atoms with E-state index in [0.717, 1.165) is 5.92 Å². The molecule has 82 valence electrons. The van der Waals surface area contributed by atoms with Crippen LogP contribution in [0.15, 0.2) is 24.3 Å². The van der Waals surface area contributed by atoms with E-state index in [1.807, 2.05) is 0 Å². The number of rotatable bonds is 2. The molecule has 1 unspecified atom stereocenters. The molecule has 0 aromatic heterocycles. The maximum absolute atomic E-state index is 5.79. The van der Waals surface area contributed by atoms with Crippen molar-refractivity contribution in [1.29, 1.82) is 0 Å². The van der Waals surface area contributed by atoms with Crippen LogP contribution in [0.4, 0.5) is 0 Å². The first-order chi connectivity index (χ1) is 7.12. The lowest BCUT2D eigenvalue weighted by Crippen LogP contribution is -2.07. The van der Waals surface area contributed by atoms with Crippen molar-refractivity contribution in [2.75, 3.05) is 0 Å². The Morgan fingerprint density at radius 3 is 2.67 bits per heavy atom. The minimum absolute atomic E-state index is 0.520. The molecule has 2 rings (SSSR count). The number of nitrogens with two attached hydrogens (primary N) is 1. The molecule has 0 bridgehead atoms. The van der Waals surface area contributed by atoms with Crippen LogP contribution < -0.4 is 5.73 Å². The molecule has 0 heterocycles. The van der Waals surface area contributed by atoms with Gasteiger partial charge in [0, 0.05) is 6.54 Å². The topological polar surface area (TPSA) is 26.0 Å². The van der Waals surface area contributed by atoms with Crippen molar-refractivity contribution in [2.24, 2.45) is 11.1 Å². The summed E-state index contributed by atoms with van der Waals surface area (Å²) >= 11 is 0. The lowest BCUT2D eigenvalue weighted by Gasteiger charge is -2.18. The SMILES string of the molecule is CC1(C)CCC(c2ccccc2CN)C1. The standard InChI is InChI=1S/C14H21N/c1-14(2)8-7-11(9-14)13-6-4-3-5-12(13)10-15/h3-6,11H,7-10,15H2,1-2H3. The molecule has 1 aliphatic carbocycles. The molecule has 0 radical (unpaired) electrons. The van der Waals surface area contributed by atoms with E-state index in [9.17, 15) is 0 Å². The molecule has 2 N–H and O–H groups in total. The van der Waals surface area contributed by atoms with Crippen LogP contribution in [0.1, 0.15) is 50.2 Å². The van der Waals surface area contributed by atoms with E-state index in [0.29, 0.717) is 12.0 Å². The van der Waals surface area contributed by atoms with Crippen molar-refractivity contribution in [2.45, 2.75) is 45.6 Å². The van der Waals surface area contributed by atoms with Crippen molar-refractivity contribution in [3.05, 3.63) is 35.4 Å². The Hall–Kier alpha value is -0.820. The van der Waals surface area contributed by atoms with E-state index in [1.54, 1.807) is 0 Å². The Morgan fingerprint density at radius 2 is 2.07 bits per heavy atom. The lowest BCUT2D eigenvalue weighted by atomic mass is 9.87. The quantitative estimate of drug-likeness (QED) is 0.783. The molecule has 0 amide bonds. The Labute approximate surface area is 92.7 Å². The van der Waals surface area contributed by atoms with Crippen LogP contribution in [0.5, 0.6) is 0 Å². The first kappa shape index (κ1) is 10.7. The van der Waals surface area contributed by atoms with Gasteiger partial charge in [0.2, 0.25) is 0 Å². The van der Waals surface area contributed by atoms with Crippen LogP contribution in [0.3, 0.4) is 0 Å². The van der Waals surface area contributed by atoms with E-state index in [1.165, 1.54) is 30.4 Å². The summed E-state index contributed by atoms with van der Waals surface area (Å²) in [6.07, 6.45) is 3.98. The molecule has 1 nitrogen and oxygen atoms in total. The number of benzene rings is 1. The van der Waals surface area contributed by atoms with Gasteiger partial charge in [0.15, 0.2) is 0 Å². The largest absolute Gasteiger partial charge is 0.326 e. The molecule has 1 aromatic carbocycles. The maximum atomic E-state index is 5.79. The second-order valence-electron chi connectivity index (χ2n) is 5.51. The van der Waals surface area contributed by atoms with Crippen LogP contribution in [0, 0.1) is 5.41 Å². The highest BCUT2D eigenvalue weighted by Gasteiger charge is 2.32. The fraction of sp³-hybridized carbons (Fsp3) is 0.571. The van der Waals surface area contributed by atoms with Crippen molar-refractivity contribution in [3.8, 4) is 0 Å². The monoisotopic (exact) mass is 203 g/mol. The van der Waals surface area contributed by atoms with Crippen LogP contribution >= 0.6 is 0 Å². The third-order valence-corrected chi connectivity index (χ3v) is 3.68. The normalized spacial score (nSPS) is 24.3. The molecule has 15 heavy (non-hydrogen) atoms. The van der Waals surface area contributed by atoms with Crippen molar-refractivity contribution < 1.29 is 0 Å². The van der Waals surface area contributed by atoms with Gasteiger partial charge >= 0.3 is 0 Å². The average molecular weight is 203 g/mol. The highest BCUT2D eigenvalue weighted by molar-refractivity contribution is 5.31. The molecule has 1 heteroatoms. The third-order valence-electron chi connectivity index (χ3n) is 3.68. The van der Waals surface area contributed by atoms with Gasteiger partial charge in [0.05, 0.1) is 0 Å². The molecule has 0 saturated heterocycles. The summed E-state index contributed by atoms with van der Waals surface area (Å²) in [6, 6.07) is 8.65. The van der Waals surface area contributed by atoms with Gasteiger partial charge in [-0.1, -0.05) is 38.1 Å². The van der Waals surface area contributed by atoms with Gasteiger partial charge in [-0.25, -0.2) is 0 Å². The molecule has 0 aliphatic heterocycles. The fourth-order valence-corrected chi connectivity index (χ4v) is 2.82. The Morgan fingerprint density at radius 1 is 1.33 bits per heavy atom. The minimum atomic E-state index is 0.520. The third kappa shape index (κ3) is 2.23. The molecular formula is C14H21N. The highest BCUT2D eigenvalue weighted by atomic mass is 14.5. The van der Waals surface area contributed by atoms with Crippen molar-refractivity contribution in [1.82, 2.24) is 0 Å². The minimum Gasteiger partial charge on any atom is -0.326 e. The number of hydrogen-bond donors (Lipinski definition) is 1. The summed E-state index contributed by atoms with van der Waals surface area (Å²) in [6.45, 7) is 5.42. The molecule has 1 saturated carbocycles.